The molecular weight excluding hydrogens is 612 g/mol. The standard InChI is InChI=1S/C34H29BrN2O6/c1-22(38)37(23(2)39)34-32(26-14-16-27(40-3)17-15-26)33(36-43-34)28-18-29(35)31(42-21-25-12-8-5-9-13-25)19-30(28)41-20-24-10-6-4-7-11-24/h4-19H,20-21H2,1-3H3. The fourth-order valence-corrected chi connectivity index (χ4v) is 5.02. The number of rotatable bonds is 10. The molecule has 43 heavy (non-hydrogen) atoms. The minimum absolute atomic E-state index is 0.00898. The van der Waals surface area contributed by atoms with Crippen LogP contribution in [-0.4, -0.2) is 24.1 Å². The third-order valence-electron chi connectivity index (χ3n) is 6.65. The molecule has 0 radical (unpaired) electrons. The molecule has 0 atom stereocenters. The number of carbonyl (C=O) groups excluding carboxylic acids is 2. The summed E-state index contributed by atoms with van der Waals surface area (Å²) < 4.78 is 24.3. The van der Waals surface area contributed by atoms with E-state index < -0.39 is 11.8 Å². The molecule has 218 valence electrons. The molecule has 0 saturated heterocycles. The van der Waals surface area contributed by atoms with Gasteiger partial charge in [-0.2, -0.15) is 0 Å². The lowest BCUT2D eigenvalue weighted by molar-refractivity contribution is -0.124. The molecule has 5 rings (SSSR count). The Kier molecular flexibility index (Phi) is 9.22. The van der Waals surface area contributed by atoms with Gasteiger partial charge < -0.3 is 18.7 Å². The number of imide groups is 1. The highest BCUT2D eigenvalue weighted by Gasteiger charge is 2.30. The van der Waals surface area contributed by atoms with Crippen molar-refractivity contribution in [1.29, 1.82) is 0 Å². The molecule has 0 aliphatic rings. The number of nitrogens with zero attached hydrogens (tertiary/aromatic N) is 2. The van der Waals surface area contributed by atoms with Crippen LogP contribution in [0.2, 0.25) is 0 Å². The molecule has 1 aromatic heterocycles. The van der Waals surface area contributed by atoms with E-state index >= 15 is 0 Å². The number of anilines is 1. The van der Waals surface area contributed by atoms with Gasteiger partial charge in [0.25, 0.3) is 0 Å². The lowest BCUT2D eigenvalue weighted by Crippen LogP contribution is -2.33. The zero-order valence-corrected chi connectivity index (χ0v) is 25.5. The summed E-state index contributed by atoms with van der Waals surface area (Å²) in [7, 11) is 1.58. The van der Waals surface area contributed by atoms with Gasteiger partial charge in [0.1, 0.15) is 36.2 Å². The number of methoxy groups -OCH3 is 1. The second kappa shape index (κ2) is 13.4. The van der Waals surface area contributed by atoms with Crippen molar-refractivity contribution in [2.75, 3.05) is 12.0 Å². The number of ether oxygens (including phenoxy) is 3. The normalized spacial score (nSPS) is 10.7. The third-order valence-corrected chi connectivity index (χ3v) is 7.27. The molecule has 2 amide bonds. The van der Waals surface area contributed by atoms with Crippen LogP contribution in [0.5, 0.6) is 17.2 Å². The quantitative estimate of drug-likeness (QED) is 0.154. The molecule has 1 heterocycles. The minimum atomic E-state index is -0.503. The van der Waals surface area contributed by atoms with Crippen LogP contribution in [-0.2, 0) is 22.8 Å². The summed E-state index contributed by atoms with van der Waals surface area (Å²) in [5.74, 6) is 0.691. The average Bonchev–Trinajstić information content (AvgIpc) is 3.44. The number of aromatic nitrogens is 1. The van der Waals surface area contributed by atoms with E-state index in [-0.39, 0.29) is 12.5 Å². The van der Waals surface area contributed by atoms with E-state index in [1.54, 1.807) is 25.3 Å². The van der Waals surface area contributed by atoms with Crippen LogP contribution in [0.15, 0.2) is 106 Å². The summed E-state index contributed by atoms with van der Waals surface area (Å²) >= 11 is 3.66. The molecule has 0 spiro atoms. The van der Waals surface area contributed by atoms with Crippen molar-refractivity contribution < 1.29 is 28.3 Å². The van der Waals surface area contributed by atoms with Crippen molar-refractivity contribution in [1.82, 2.24) is 5.16 Å². The Morgan fingerprint density at radius 3 is 1.88 bits per heavy atom. The molecule has 0 fully saturated rings. The third kappa shape index (κ3) is 6.79. The van der Waals surface area contributed by atoms with Crippen molar-refractivity contribution in [3.8, 4) is 39.6 Å². The van der Waals surface area contributed by atoms with Gasteiger partial charge in [0.2, 0.25) is 17.7 Å². The Balaban J connectivity index is 1.65. The minimum Gasteiger partial charge on any atom is -0.497 e. The first-order chi connectivity index (χ1) is 20.9. The van der Waals surface area contributed by atoms with E-state index in [0.29, 0.717) is 50.7 Å². The van der Waals surface area contributed by atoms with Crippen molar-refractivity contribution in [3.05, 3.63) is 113 Å². The summed E-state index contributed by atoms with van der Waals surface area (Å²) in [5.41, 5.74) is 4.05. The van der Waals surface area contributed by atoms with Crippen LogP contribution in [0.1, 0.15) is 25.0 Å². The fraction of sp³-hybridized carbons (Fsp3) is 0.147. The van der Waals surface area contributed by atoms with Crippen LogP contribution >= 0.6 is 15.9 Å². The molecule has 4 aromatic carbocycles. The molecule has 8 nitrogen and oxygen atoms in total. The van der Waals surface area contributed by atoms with Gasteiger partial charge >= 0.3 is 0 Å². The number of carbonyl (C=O) groups is 2. The van der Waals surface area contributed by atoms with Crippen LogP contribution in [0.25, 0.3) is 22.4 Å². The van der Waals surface area contributed by atoms with E-state index in [0.717, 1.165) is 16.0 Å². The highest BCUT2D eigenvalue weighted by atomic mass is 79.9. The topological polar surface area (TPSA) is 91.1 Å². The van der Waals surface area contributed by atoms with E-state index in [1.807, 2.05) is 78.9 Å². The predicted octanol–water partition coefficient (Wildman–Crippen LogP) is 7.84. The lowest BCUT2D eigenvalue weighted by Gasteiger charge is -2.17. The Bertz CT molecular complexity index is 1710. The van der Waals surface area contributed by atoms with Gasteiger partial charge in [-0.15, -0.1) is 0 Å². The Morgan fingerprint density at radius 2 is 1.35 bits per heavy atom. The molecule has 0 unspecified atom stereocenters. The van der Waals surface area contributed by atoms with Gasteiger partial charge in [0.15, 0.2) is 0 Å². The van der Waals surface area contributed by atoms with Crippen LogP contribution in [0.3, 0.4) is 0 Å². The van der Waals surface area contributed by atoms with Gasteiger partial charge in [-0.3, -0.25) is 9.59 Å². The summed E-state index contributed by atoms with van der Waals surface area (Å²) in [6, 6.07) is 30.4. The second-order valence-corrected chi connectivity index (χ2v) is 10.5. The molecule has 0 bridgehead atoms. The summed E-state index contributed by atoms with van der Waals surface area (Å²) in [6.07, 6.45) is 0. The number of hydrogen-bond acceptors (Lipinski definition) is 7. The second-order valence-electron chi connectivity index (χ2n) is 9.64. The maximum absolute atomic E-state index is 12.6. The summed E-state index contributed by atoms with van der Waals surface area (Å²) in [5, 5.41) is 4.38. The first-order valence-electron chi connectivity index (χ1n) is 13.5. The number of hydrogen-bond donors (Lipinski definition) is 0. The van der Waals surface area contributed by atoms with E-state index in [1.165, 1.54) is 13.8 Å². The van der Waals surface area contributed by atoms with Crippen molar-refractivity contribution >= 4 is 33.6 Å². The number of benzene rings is 4. The number of halogens is 1. The van der Waals surface area contributed by atoms with E-state index in [2.05, 4.69) is 21.1 Å². The summed E-state index contributed by atoms with van der Waals surface area (Å²) in [6.45, 7) is 3.23. The molecule has 0 saturated carbocycles. The Morgan fingerprint density at radius 1 is 0.791 bits per heavy atom. The highest BCUT2D eigenvalue weighted by Crippen LogP contribution is 2.46. The van der Waals surface area contributed by atoms with Crippen LogP contribution < -0.4 is 19.1 Å². The molecule has 0 aliphatic heterocycles. The maximum atomic E-state index is 12.6. The van der Waals surface area contributed by atoms with Gasteiger partial charge in [0.05, 0.1) is 17.1 Å². The summed E-state index contributed by atoms with van der Waals surface area (Å²) in [4.78, 5) is 26.1. The lowest BCUT2D eigenvalue weighted by atomic mass is 9.99. The van der Waals surface area contributed by atoms with Crippen LogP contribution in [0, 0.1) is 0 Å². The molecule has 9 heteroatoms. The Labute approximate surface area is 257 Å². The Hall–Kier alpha value is -4.89. The van der Waals surface area contributed by atoms with Gasteiger partial charge in [-0.1, -0.05) is 78.0 Å². The van der Waals surface area contributed by atoms with Gasteiger partial charge in [-0.05, 0) is 50.8 Å². The van der Waals surface area contributed by atoms with Crippen LogP contribution in [0.4, 0.5) is 5.88 Å². The zero-order valence-electron chi connectivity index (χ0n) is 23.9. The van der Waals surface area contributed by atoms with Crippen molar-refractivity contribution in [3.63, 3.8) is 0 Å². The predicted molar refractivity (Wildman–Crippen MR) is 167 cm³/mol. The van der Waals surface area contributed by atoms with Gasteiger partial charge in [0, 0.05) is 25.5 Å². The average molecular weight is 642 g/mol. The zero-order chi connectivity index (χ0) is 30.3. The molecule has 5 aromatic rings. The molecule has 0 aliphatic carbocycles. The monoisotopic (exact) mass is 640 g/mol. The van der Waals surface area contributed by atoms with E-state index in [9.17, 15) is 9.59 Å². The van der Waals surface area contributed by atoms with Crippen molar-refractivity contribution in [2.45, 2.75) is 27.1 Å². The smallest absolute Gasteiger partial charge is 0.249 e. The SMILES string of the molecule is COc1ccc(-c2c(-c3cc(Br)c(OCc4ccccc4)cc3OCc3ccccc3)noc2N(C(C)=O)C(C)=O)cc1. The molecule has 0 N–H and O–H groups in total. The highest BCUT2D eigenvalue weighted by molar-refractivity contribution is 9.10. The van der Waals surface area contributed by atoms with E-state index in [4.69, 9.17) is 18.7 Å². The maximum Gasteiger partial charge on any atom is 0.249 e. The first kappa shape index (κ1) is 29.6. The first-order valence-corrected chi connectivity index (χ1v) is 14.3. The molecular formula is C34H29BrN2O6. The number of amides is 2. The van der Waals surface area contributed by atoms with Crippen molar-refractivity contribution in [2.24, 2.45) is 0 Å². The largest absolute Gasteiger partial charge is 0.497 e. The van der Waals surface area contributed by atoms with Gasteiger partial charge in [-0.25, -0.2) is 4.90 Å². The fourth-order valence-electron chi connectivity index (χ4n) is 4.56.